The lowest BCUT2D eigenvalue weighted by Gasteiger charge is -2.15. The number of carbonyl (C=O) groups is 3. The third kappa shape index (κ3) is 5.80. The lowest BCUT2D eigenvalue weighted by Crippen LogP contribution is -2.38. The Balaban J connectivity index is 2.07. The van der Waals surface area contributed by atoms with E-state index in [0.717, 1.165) is 0 Å². The van der Waals surface area contributed by atoms with Crippen LogP contribution in [-0.2, 0) is 4.79 Å². The second-order valence-electron chi connectivity index (χ2n) is 6.00. The number of hydrogen-bond acceptors (Lipinski definition) is 7. The van der Waals surface area contributed by atoms with Crippen molar-refractivity contribution in [1.82, 2.24) is 5.32 Å². The molecule has 0 aliphatic carbocycles. The number of carboxylic acids is 1. The number of carboxylic acid groups (broad SMARTS) is 1. The summed E-state index contributed by atoms with van der Waals surface area (Å²) in [5.41, 5.74) is 1.27. The van der Waals surface area contributed by atoms with Gasteiger partial charge >= 0.3 is 5.97 Å². The maximum absolute atomic E-state index is 12.6. The second-order valence-corrected chi connectivity index (χ2v) is 6.00. The van der Waals surface area contributed by atoms with Gasteiger partial charge in [0.2, 0.25) is 0 Å². The Hall–Kier alpha value is -3.88. The maximum atomic E-state index is 12.6. The molecule has 0 aromatic heterocycles. The van der Waals surface area contributed by atoms with Crippen molar-refractivity contribution in [2.75, 3.05) is 13.7 Å². The number of hydrogen-bond donors (Lipinski definition) is 3. The van der Waals surface area contributed by atoms with Crippen LogP contribution >= 0.6 is 0 Å². The molecule has 0 heterocycles. The van der Waals surface area contributed by atoms with Crippen molar-refractivity contribution in [2.45, 2.75) is 13.0 Å². The van der Waals surface area contributed by atoms with Gasteiger partial charge in [-0.15, -0.1) is 0 Å². The zero-order chi connectivity index (χ0) is 21.4. The Morgan fingerprint density at radius 3 is 2.48 bits per heavy atom. The van der Waals surface area contributed by atoms with Gasteiger partial charge in [-0.25, -0.2) is 4.79 Å². The van der Waals surface area contributed by atoms with Gasteiger partial charge in [-0.05, 0) is 48.9 Å². The summed E-state index contributed by atoms with van der Waals surface area (Å²) in [7, 11) is 1.43. The van der Waals surface area contributed by atoms with Gasteiger partial charge in [0.1, 0.15) is 11.5 Å². The molecule has 0 unspecified atom stereocenters. The first-order chi connectivity index (χ1) is 13.8. The normalized spacial score (nSPS) is 11.7. The number of hydrazone groups is 1. The minimum Gasteiger partial charge on any atom is -0.496 e. The van der Waals surface area contributed by atoms with Crippen molar-refractivity contribution in [2.24, 2.45) is 10.9 Å². The van der Waals surface area contributed by atoms with Gasteiger partial charge in [0, 0.05) is 5.56 Å². The highest BCUT2D eigenvalue weighted by Gasteiger charge is 2.20. The fourth-order valence-electron chi connectivity index (χ4n) is 2.51. The number of benzene rings is 2. The summed E-state index contributed by atoms with van der Waals surface area (Å²) in [6.45, 7) is 1.09. The molecule has 4 N–H and O–H groups in total. The van der Waals surface area contributed by atoms with Gasteiger partial charge in [0.15, 0.2) is 12.4 Å². The number of aliphatic carboxylic acids is 1. The molecule has 9 heteroatoms. The molecule has 0 aliphatic rings. The number of nitrogens with one attached hydrogen (secondary N) is 1. The van der Waals surface area contributed by atoms with E-state index in [1.54, 1.807) is 25.1 Å². The number of Topliss-reactive ketones (excluding diaryl/α,β-unsaturated/α-hetero) is 1. The standard InChI is InChI=1S/C20H21N3O6/c1-12(19(26)14-4-6-15(7-5-14)29-11-18(24)25)23-20(27)16-8-3-13(10-22-21)9-17(16)28-2/h3-10,12H,11,21H2,1-2H3,(H,23,27)(H,24,25)/t12-/m1/s1. The van der Waals surface area contributed by atoms with Crippen molar-refractivity contribution in [3.63, 3.8) is 0 Å². The lowest BCUT2D eigenvalue weighted by molar-refractivity contribution is -0.139. The van der Waals surface area contributed by atoms with Crippen molar-refractivity contribution < 1.29 is 29.0 Å². The van der Waals surface area contributed by atoms with E-state index < -0.39 is 24.5 Å². The third-order valence-corrected chi connectivity index (χ3v) is 3.94. The minimum atomic E-state index is -1.10. The highest BCUT2D eigenvalue weighted by molar-refractivity contribution is 6.05. The number of nitrogens with zero attached hydrogens (tertiary/aromatic N) is 1. The van der Waals surface area contributed by atoms with Crippen LogP contribution in [0.15, 0.2) is 47.6 Å². The van der Waals surface area contributed by atoms with E-state index in [-0.39, 0.29) is 11.3 Å². The Bertz CT molecular complexity index is 924. The highest BCUT2D eigenvalue weighted by Crippen LogP contribution is 2.20. The first-order valence-electron chi connectivity index (χ1n) is 8.56. The second kappa shape index (κ2) is 9.88. The zero-order valence-corrected chi connectivity index (χ0v) is 15.9. The van der Waals surface area contributed by atoms with Gasteiger partial charge in [0.05, 0.1) is 24.9 Å². The van der Waals surface area contributed by atoms with Gasteiger partial charge < -0.3 is 25.7 Å². The maximum Gasteiger partial charge on any atom is 0.341 e. The zero-order valence-electron chi connectivity index (χ0n) is 15.9. The molecule has 2 rings (SSSR count). The topological polar surface area (TPSA) is 140 Å². The Kier molecular flexibility index (Phi) is 7.30. The van der Waals surface area contributed by atoms with Crippen LogP contribution in [0.3, 0.4) is 0 Å². The molecule has 2 aromatic carbocycles. The molecular weight excluding hydrogens is 378 g/mol. The van der Waals surface area contributed by atoms with Crippen LogP contribution in [0, 0.1) is 0 Å². The number of amides is 1. The van der Waals surface area contributed by atoms with Crippen molar-refractivity contribution >= 4 is 23.9 Å². The molecule has 29 heavy (non-hydrogen) atoms. The van der Waals surface area contributed by atoms with E-state index >= 15 is 0 Å². The summed E-state index contributed by atoms with van der Waals surface area (Å²) < 4.78 is 10.3. The van der Waals surface area contributed by atoms with Gasteiger partial charge in [-0.3, -0.25) is 9.59 Å². The van der Waals surface area contributed by atoms with Gasteiger partial charge in [-0.2, -0.15) is 5.10 Å². The summed E-state index contributed by atoms with van der Waals surface area (Å²) in [5.74, 6) is 3.89. The average Bonchev–Trinajstić information content (AvgIpc) is 2.72. The van der Waals surface area contributed by atoms with Crippen LogP contribution in [0.1, 0.15) is 33.2 Å². The van der Waals surface area contributed by atoms with E-state index in [9.17, 15) is 14.4 Å². The molecule has 0 saturated heterocycles. The lowest BCUT2D eigenvalue weighted by atomic mass is 10.0. The molecular formula is C20H21N3O6. The van der Waals surface area contributed by atoms with E-state index in [1.807, 2.05) is 0 Å². The Labute approximate surface area is 167 Å². The quantitative estimate of drug-likeness (QED) is 0.251. The summed E-state index contributed by atoms with van der Waals surface area (Å²) in [5, 5.41) is 14.7. The van der Waals surface area contributed by atoms with E-state index in [4.69, 9.17) is 20.4 Å². The molecule has 1 atom stereocenters. The van der Waals surface area contributed by atoms with Crippen LogP contribution in [0.25, 0.3) is 0 Å². The summed E-state index contributed by atoms with van der Waals surface area (Å²) in [6.07, 6.45) is 1.42. The molecule has 2 aromatic rings. The predicted octanol–water partition coefficient (Wildman–Crippen LogP) is 1.45. The monoisotopic (exact) mass is 399 g/mol. The molecule has 0 saturated carbocycles. The fraction of sp³-hybridized carbons (Fsp3) is 0.200. The van der Waals surface area contributed by atoms with E-state index in [0.29, 0.717) is 22.6 Å². The number of ether oxygens (including phenoxy) is 2. The molecule has 0 spiro atoms. The van der Waals surface area contributed by atoms with E-state index in [1.165, 1.54) is 37.6 Å². The number of nitrogens with two attached hydrogens (primary N) is 1. The number of rotatable bonds is 9. The van der Waals surface area contributed by atoms with Crippen LogP contribution in [0.5, 0.6) is 11.5 Å². The first kappa shape index (κ1) is 21.4. The molecule has 0 aliphatic heterocycles. The average molecular weight is 399 g/mol. The number of ketones is 1. The first-order valence-corrected chi connectivity index (χ1v) is 8.56. The smallest absolute Gasteiger partial charge is 0.341 e. The van der Waals surface area contributed by atoms with Crippen molar-refractivity contribution in [1.29, 1.82) is 0 Å². The van der Waals surface area contributed by atoms with E-state index in [2.05, 4.69) is 10.4 Å². The van der Waals surface area contributed by atoms with Crippen molar-refractivity contribution in [3.8, 4) is 11.5 Å². The van der Waals surface area contributed by atoms with Gasteiger partial charge in [0.25, 0.3) is 5.91 Å². The Morgan fingerprint density at radius 1 is 1.21 bits per heavy atom. The van der Waals surface area contributed by atoms with Crippen molar-refractivity contribution in [3.05, 3.63) is 59.2 Å². The largest absolute Gasteiger partial charge is 0.496 e. The van der Waals surface area contributed by atoms with Crippen LogP contribution < -0.4 is 20.6 Å². The highest BCUT2D eigenvalue weighted by atomic mass is 16.5. The number of methoxy groups -OCH3 is 1. The fourth-order valence-corrected chi connectivity index (χ4v) is 2.51. The molecule has 0 radical (unpaired) electrons. The molecule has 152 valence electrons. The SMILES string of the molecule is COc1cc(C=NN)ccc1C(=O)N[C@H](C)C(=O)c1ccc(OCC(=O)O)cc1. The van der Waals surface area contributed by atoms with Crippen LogP contribution in [0.4, 0.5) is 0 Å². The Morgan fingerprint density at radius 2 is 1.90 bits per heavy atom. The third-order valence-electron chi connectivity index (χ3n) is 3.94. The molecule has 0 bridgehead atoms. The summed E-state index contributed by atoms with van der Waals surface area (Å²) in [6, 6.07) is 9.99. The molecule has 9 nitrogen and oxygen atoms in total. The summed E-state index contributed by atoms with van der Waals surface area (Å²) >= 11 is 0. The minimum absolute atomic E-state index is 0.263. The molecule has 0 fully saturated rings. The van der Waals surface area contributed by atoms with Crippen LogP contribution in [0.2, 0.25) is 0 Å². The van der Waals surface area contributed by atoms with Gasteiger partial charge in [-0.1, -0.05) is 6.07 Å². The molecule has 1 amide bonds. The number of carbonyl (C=O) groups excluding carboxylic acids is 2. The van der Waals surface area contributed by atoms with Crippen LogP contribution in [-0.4, -0.2) is 48.7 Å². The predicted molar refractivity (Wildman–Crippen MR) is 106 cm³/mol. The summed E-state index contributed by atoms with van der Waals surface area (Å²) in [4.78, 5) is 35.6.